The molecule has 2 nitrogen and oxygen atoms in total. The van der Waals surface area contributed by atoms with Gasteiger partial charge >= 0.3 is 0 Å². The Hall–Kier alpha value is -0.0800. The predicted molar refractivity (Wildman–Crippen MR) is 74.3 cm³/mol. The van der Waals surface area contributed by atoms with E-state index in [0.717, 1.165) is 12.5 Å². The first-order valence-corrected chi connectivity index (χ1v) is 7.45. The van der Waals surface area contributed by atoms with E-state index in [1.54, 1.807) is 0 Å². The fourth-order valence-electron chi connectivity index (χ4n) is 3.28. The van der Waals surface area contributed by atoms with E-state index in [0.29, 0.717) is 18.1 Å². The second-order valence-corrected chi connectivity index (χ2v) is 5.85. The molecule has 0 spiro atoms. The Kier molecular flexibility index (Phi) is 7.14. The maximum atomic E-state index is 5.71. The van der Waals surface area contributed by atoms with E-state index in [9.17, 15) is 0 Å². The lowest BCUT2D eigenvalue weighted by molar-refractivity contribution is 0.0244. The third-order valence-electron chi connectivity index (χ3n) is 4.10. The van der Waals surface area contributed by atoms with Crippen LogP contribution in [0.4, 0.5) is 0 Å². The average Bonchev–Trinajstić information content (AvgIpc) is 2.31. The van der Waals surface area contributed by atoms with Gasteiger partial charge in [-0.1, -0.05) is 52.9 Å². The Labute approximate surface area is 108 Å². The highest BCUT2D eigenvalue weighted by Gasteiger charge is 2.27. The summed E-state index contributed by atoms with van der Waals surface area (Å²) in [6.07, 6.45) is 8.82. The fourth-order valence-corrected chi connectivity index (χ4v) is 3.28. The molecule has 0 heterocycles. The van der Waals surface area contributed by atoms with Crippen LogP contribution in [0.3, 0.4) is 0 Å². The zero-order valence-corrected chi connectivity index (χ0v) is 12.2. The number of rotatable bonds is 7. The first kappa shape index (κ1) is 15.0. The third kappa shape index (κ3) is 4.97. The molecule has 0 aromatic carbocycles. The first-order valence-electron chi connectivity index (χ1n) is 7.45. The molecule has 0 aliphatic heterocycles. The van der Waals surface area contributed by atoms with Gasteiger partial charge in [0.15, 0.2) is 0 Å². The van der Waals surface area contributed by atoms with Crippen LogP contribution >= 0.6 is 0 Å². The smallest absolute Gasteiger partial charge is 0.0747 e. The van der Waals surface area contributed by atoms with E-state index < -0.39 is 0 Å². The van der Waals surface area contributed by atoms with Crippen LogP contribution in [0.1, 0.15) is 59.3 Å². The minimum Gasteiger partial charge on any atom is -0.380 e. The van der Waals surface area contributed by atoms with E-state index in [4.69, 9.17) is 4.74 Å². The summed E-state index contributed by atoms with van der Waals surface area (Å²) in [6, 6.07) is 0.535. The van der Waals surface area contributed by atoms with E-state index in [-0.39, 0.29) is 0 Å². The van der Waals surface area contributed by atoms with Crippen LogP contribution in [-0.4, -0.2) is 25.8 Å². The van der Waals surface area contributed by atoms with Crippen LogP contribution in [0.15, 0.2) is 0 Å². The quantitative estimate of drug-likeness (QED) is 0.735. The lowest BCUT2D eigenvalue weighted by Gasteiger charge is -2.33. The number of likely N-dealkylation sites (N-methyl/N-ethyl adjacent to an activating group) is 1. The highest BCUT2D eigenvalue weighted by atomic mass is 16.5. The van der Waals surface area contributed by atoms with E-state index >= 15 is 0 Å². The molecular formula is C15H31NO. The van der Waals surface area contributed by atoms with Gasteiger partial charge in [-0.05, 0) is 24.8 Å². The normalized spacial score (nSPS) is 21.7. The number of methoxy groups -OCH3 is 1. The fraction of sp³-hybridized carbons (Fsp3) is 1.00. The Balaban J connectivity index is 2.50. The van der Waals surface area contributed by atoms with Gasteiger partial charge in [0.25, 0.3) is 0 Å². The summed E-state index contributed by atoms with van der Waals surface area (Å²) in [5.74, 6) is 1.51. The summed E-state index contributed by atoms with van der Waals surface area (Å²) in [6.45, 7) is 7.77. The van der Waals surface area contributed by atoms with Gasteiger partial charge in [0.05, 0.1) is 6.10 Å². The molecule has 2 atom stereocenters. The van der Waals surface area contributed by atoms with Gasteiger partial charge < -0.3 is 10.1 Å². The molecule has 0 saturated heterocycles. The van der Waals surface area contributed by atoms with Gasteiger partial charge in [-0.15, -0.1) is 0 Å². The molecule has 2 unspecified atom stereocenters. The highest BCUT2D eigenvalue weighted by Crippen LogP contribution is 2.29. The van der Waals surface area contributed by atoms with Crippen molar-refractivity contribution in [3.63, 3.8) is 0 Å². The third-order valence-corrected chi connectivity index (χ3v) is 4.10. The molecule has 0 radical (unpaired) electrons. The molecule has 102 valence electrons. The molecule has 0 aromatic rings. The maximum absolute atomic E-state index is 5.71. The molecule has 17 heavy (non-hydrogen) atoms. The van der Waals surface area contributed by atoms with Crippen molar-refractivity contribution >= 4 is 0 Å². The van der Waals surface area contributed by atoms with Gasteiger partial charge in [-0.2, -0.15) is 0 Å². The summed E-state index contributed by atoms with van der Waals surface area (Å²) >= 11 is 0. The molecule has 0 bridgehead atoms. The maximum Gasteiger partial charge on any atom is 0.0747 e. The molecule has 0 amide bonds. The highest BCUT2D eigenvalue weighted by molar-refractivity contribution is 4.82. The summed E-state index contributed by atoms with van der Waals surface area (Å²) in [7, 11) is 1.86. The summed E-state index contributed by atoms with van der Waals surface area (Å²) in [5, 5.41) is 3.64. The van der Waals surface area contributed by atoms with Crippen molar-refractivity contribution in [3.05, 3.63) is 0 Å². The van der Waals surface area contributed by atoms with E-state index in [2.05, 4.69) is 26.1 Å². The predicted octanol–water partition coefficient (Wildman–Crippen LogP) is 3.61. The lowest BCUT2D eigenvalue weighted by atomic mass is 9.82. The summed E-state index contributed by atoms with van der Waals surface area (Å²) < 4.78 is 5.71. The summed E-state index contributed by atoms with van der Waals surface area (Å²) in [5.41, 5.74) is 0. The molecule has 1 fully saturated rings. The second kappa shape index (κ2) is 8.10. The zero-order chi connectivity index (χ0) is 12.7. The van der Waals surface area contributed by atoms with Gasteiger partial charge in [-0.25, -0.2) is 0 Å². The van der Waals surface area contributed by atoms with Crippen molar-refractivity contribution < 1.29 is 4.74 Å². The van der Waals surface area contributed by atoms with Crippen LogP contribution in [0.2, 0.25) is 0 Å². The molecule has 2 heteroatoms. The number of hydrogen-bond donors (Lipinski definition) is 1. The zero-order valence-electron chi connectivity index (χ0n) is 12.2. The van der Waals surface area contributed by atoms with Crippen molar-refractivity contribution in [1.82, 2.24) is 5.32 Å². The SMILES string of the molecule is CCNC(CC1CCCCC1)C(OC)C(C)C. The average molecular weight is 241 g/mol. The Morgan fingerprint density at radius 1 is 1.18 bits per heavy atom. The van der Waals surface area contributed by atoms with Gasteiger partial charge in [0.2, 0.25) is 0 Å². The largest absolute Gasteiger partial charge is 0.380 e. The minimum atomic E-state index is 0.358. The number of hydrogen-bond acceptors (Lipinski definition) is 2. The van der Waals surface area contributed by atoms with Crippen molar-refractivity contribution in [2.75, 3.05) is 13.7 Å². The standard InChI is InChI=1S/C15H31NO/c1-5-16-14(15(17-4)12(2)3)11-13-9-7-6-8-10-13/h12-16H,5-11H2,1-4H3. The van der Waals surface area contributed by atoms with Crippen molar-refractivity contribution in [3.8, 4) is 0 Å². The first-order chi connectivity index (χ1) is 8.19. The second-order valence-electron chi connectivity index (χ2n) is 5.85. The molecule has 1 N–H and O–H groups in total. The van der Waals surface area contributed by atoms with Crippen LogP contribution in [0.5, 0.6) is 0 Å². The van der Waals surface area contributed by atoms with Gasteiger partial charge in [0, 0.05) is 13.2 Å². The monoisotopic (exact) mass is 241 g/mol. The molecule has 1 rings (SSSR count). The molecule has 1 saturated carbocycles. The number of nitrogens with one attached hydrogen (secondary N) is 1. The number of ether oxygens (including phenoxy) is 1. The minimum absolute atomic E-state index is 0.358. The van der Waals surface area contributed by atoms with Crippen LogP contribution in [-0.2, 0) is 4.74 Å². The Bertz CT molecular complexity index is 187. The van der Waals surface area contributed by atoms with Crippen LogP contribution in [0.25, 0.3) is 0 Å². The van der Waals surface area contributed by atoms with Crippen molar-refractivity contribution in [2.24, 2.45) is 11.8 Å². The van der Waals surface area contributed by atoms with Crippen LogP contribution in [0, 0.1) is 11.8 Å². The molecule has 1 aliphatic rings. The van der Waals surface area contributed by atoms with Crippen molar-refractivity contribution in [2.45, 2.75) is 71.4 Å². The molecule has 0 aromatic heterocycles. The molecular weight excluding hydrogens is 210 g/mol. The molecule has 1 aliphatic carbocycles. The van der Waals surface area contributed by atoms with Crippen molar-refractivity contribution in [1.29, 1.82) is 0 Å². The van der Waals surface area contributed by atoms with Crippen LogP contribution < -0.4 is 5.32 Å². The lowest BCUT2D eigenvalue weighted by Crippen LogP contribution is -2.45. The van der Waals surface area contributed by atoms with E-state index in [1.165, 1.54) is 38.5 Å². The Morgan fingerprint density at radius 3 is 2.29 bits per heavy atom. The van der Waals surface area contributed by atoms with Gasteiger partial charge in [0.1, 0.15) is 0 Å². The summed E-state index contributed by atoms with van der Waals surface area (Å²) in [4.78, 5) is 0. The topological polar surface area (TPSA) is 21.3 Å². The van der Waals surface area contributed by atoms with E-state index in [1.807, 2.05) is 7.11 Å². The Morgan fingerprint density at radius 2 is 1.82 bits per heavy atom. The van der Waals surface area contributed by atoms with Gasteiger partial charge in [-0.3, -0.25) is 0 Å².